The summed E-state index contributed by atoms with van der Waals surface area (Å²) in [5, 5.41) is 16.0. The molecule has 0 aromatic carbocycles. The molecule has 0 saturated carbocycles. The van der Waals surface area contributed by atoms with E-state index in [1.54, 1.807) is 17.5 Å². The molecule has 4 N–H and O–H groups in total. The van der Waals surface area contributed by atoms with Gasteiger partial charge in [0, 0.05) is 30.7 Å². The van der Waals surface area contributed by atoms with Gasteiger partial charge in [-0.15, -0.1) is 11.3 Å². The zero-order chi connectivity index (χ0) is 14.2. The first-order valence-electron chi connectivity index (χ1n) is 6.40. The highest BCUT2D eigenvalue weighted by molar-refractivity contribution is 7.15. The number of H-pyrrole nitrogens is 1. The summed E-state index contributed by atoms with van der Waals surface area (Å²) in [7, 11) is 0. The Morgan fingerprint density at radius 3 is 3.05 bits per heavy atom. The molecule has 2 aromatic heterocycles. The van der Waals surface area contributed by atoms with Crippen LogP contribution in [0.25, 0.3) is 10.6 Å². The zero-order valence-electron chi connectivity index (χ0n) is 10.9. The van der Waals surface area contributed by atoms with Crippen LogP contribution in [0.15, 0.2) is 24.4 Å². The van der Waals surface area contributed by atoms with Crippen LogP contribution in [0.3, 0.4) is 0 Å². The number of rotatable bonds is 4. The predicted octanol–water partition coefficient (Wildman–Crippen LogP) is 1.13. The Kier molecular flexibility index (Phi) is 3.33. The third kappa shape index (κ3) is 2.47. The Labute approximate surface area is 120 Å². The zero-order valence-corrected chi connectivity index (χ0v) is 11.7. The summed E-state index contributed by atoms with van der Waals surface area (Å²) in [6.45, 7) is 1.87. The lowest BCUT2D eigenvalue weighted by Crippen LogP contribution is -2.49. The predicted molar refractivity (Wildman–Crippen MR) is 76.3 cm³/mol. The Hall–Kier alpha value is -1.70. The molecular weight excluding hydrogens is 276 g/mol. The first-order valence-corrected chi connectivity index (χ1v) is 7.21. The number of hydrogen-bond donors (Lipinski definition) is 3. The summed E-state index contributed by atoms with van der Waals surface area (Å²) in [5.41, 5.74) is 5.78. The van der Waals surface area contributed by atoms with Gasteiger partial charge in [0.05, 0.1) is 10.6 Å². The number of nitrogens with one attached hydrogen (secondary N) is 1. The highest BCUT2D eigenvalue weighted by atomic mass is 32.1. The van der Waals surface area contributed by atoms with Gasteiger partial charge >= 0.3 is 5.97 Å². The van der Waals surface area contributed by atoms with Gasteiger partial charge in [0.25, 0.3) is 0 Å². The van der Waals surface area contributed by atoms with E-state index in [2.05, 4.69) is 27.2 Å². The molecule has 1 aliphatic heterocycles. The van der Waals surface area contributed by atoms with Crippen LogP contribution in [0.5, 0.6) is 0 Å². The molecule has 106 valence electrons. The molecule has 0 amide bonds. The van der Waals surface area contributed by atoms with Crippen LogP contribution < -0.4 is 5.73 Å². The van der Waals surface area contributed by atoms with Gasteiger partial charge in [-0.2, -0.15) is 5.10 Å². The minimum absolute atomic E-state index is 0.402. The third-order valence-electron chi connectivity index (χ3n) is 3.61. The highest BCUT2D eigenvalue weighted by Gasteiger charge is 2.41. The molecule has 3 heterocycles. The third-order valence-corrected chi connectivity index (χ3v) is 4.72. The molecule has 6 nitrogen and oxygen atoms in total. The highest BCUT2D eigenvalue weighted by Crippen LogP contribution is 2.29. The van der Waals surface area contributed by atoms with E-state index in [-0.39, 0.29) is 0 Å². The fourth-order valence-electron chi connectivity index (χ4n) is 2.45. The summed E-state index contributed by atoms with van der Waals surface area (Å²) in [5.74, 6) is -0.913. The first kappa shape index (κ1) is 13.3. The molecule has 1 aliphatic rings. The van der Waals surface area contributed by atoms with Gasteiger partial charge in [0.15, 0.2) is 0 Å². The van der Waals surface area contributed by atoms with Gasteiger partial charge in [0.2, 0.25) is 0 Å². The van der Waals surface area contributed by atoms with Gasteiger partial charge < -0.3 is 10.8 Å². The van der Waals surface area contributed by atoms with E-state index in [9.17, 15) is 4.79 Å². The molecule has 0 radical (unpaired) electrons. The van der Waals surface area contributed by atoms with Crippen LogP contribution in [0, 0.1) is 0 Å². The smallest absolute Gasteiger partial charge is 0.325 e. The number of thiophene rings is 1. The van der Waals surface area contributed by atoms with Crippen LogP contribution in [0.2, 0.25) is 0 Å². The summed E-state index contributed by atoms with van der Waals surface area (Å²) >= 11 is 1.68. The van der Waals surface area contributed by atoms with Gasteiger partial charge in [-0.1, -0.05) is 0 Å². The quantitative estimate of drug-likeness (QED) is 0.785. The van der Waals surface area contributed by atoms with E-state index in [1.807, 2.05) is 6.07 Å². The first-order chi connectivity index (χ1) is 9.57. The van der Waals surface area contributed by atoms with Crippen molar-refractivity contribution in [2.45, 2.75) is 18.5 Å². The molecule has 0 spiro atoms. The molecule has 1 fully saturated rings. The average molecular weight is 292 g/mol. The monoisotopic (exact) mass is 292 g/mol. The molecule has 0 aliphatic carbocycles. The normalized spacial score (nSPS) is 23.2. The standard InChI is InChI=1S/C13H16N4O2S/c14-13(12(18)19)4-6-17(8-13)7-9-1-2-11(20-9)10-3-5-15-16-10/h1-3,5H,4,6-8,14H2,(H,15,16)(H,18,19). The molecule has 20 heavy (non-hydrogen) atoms. The van der Waals surface area contributed by atoms with Crippen molar-refractivity contribution in [3.63, 3.8) is 0 Å². The number of carbonyl (C=O) groups is 1. The van der Waals surface area contributed by atoms with Crippen molar-refractivity contribution in [2.75, 3.05) is 13.1 Å². The van der Waals surface area contributed by atoms with Crippen molar-refractivity contribution in [1.82, 2.24) is 15.1 Å². The number of nitrogens with two attached hydrogens (primary N) is 1. The Morgan fingerprint density at radius 1 is 1.55 bits per heavy atom. The summed E-state index contributed by atoms with van der Waals surface area (Å²) in [6, 6.07) is 6.05. The SMILES string of the molecule is NC1(C(=O)O)CCN(Cc2ccc(-c3ccn[nH]3)s2)C1. The van der Waals surface area contributed by atoms with E-state index >= 15 is 0 Å². The van der Waals surface area contributed by atoms with Crippen LogP contribution in [0.1, 0.15) is 11.3 Å². The van der Waals surface area contributed by atoms with E-state index in [4.69, 9.17) is 10.8 Å². The molecule has 3 rings (SSSR count). The van der Waals surface area contributed by atoms with Gasteiger partial charge in [-0.05, 0) is 24.6 Å². The fraction of sp³-hybridized carbons (Fsp3) is 0.385. The van der Waals surface area contributed by atoms with Crippen LogP contribution in [-0.2, 0) is 11.3 Å². The molecule has 1 saturated heterocycles. The number of hydrogen-bond acceptors (Lipinski definition) is 5. The van der Waals surface area contributed by atoms with Gasteiger partial charge in [-0.25, -0.2) is 0 Å². The van der Waals surface area contributed by atoms with Crippen molar-refractivity contribution in [3.8, 4) is 10.6 Å². The molecule has 7 heteroatoms. The second-order valence-electron chi connectivity index (χ2n) is 5.16. The van der Waals surface area contributed by atoms with Gasteiger partial charge in [-0.3, -0.25) is 14.8 Å². The van der Waals surface area contributed by atoms with Crippen molar-refractivity contribution < 1.29 is 9.90 Å². The molecule has 1 atom stereocenters. The minimum Gasteiger partial charge on any atom is -0.480 e. The largest absolute Gasteiger partial charge is 0.480 e. The lowest BCUT2D eigenvalue weighted by Gasteiger charge is -2.19. The average Bonchev–Trinajstić information content (AvgIpc) is 3.10. The second kappa shape index (κ2) is 5.01. The number of nitrogens with zero attached hydrogens (tertiary/aromatic N) is 2. The number of carboxylic acids is 1. The van der Waals surface area contributed by atoms with E-state index in [0.29, 0.717) is 13.0 Å². The molecular formula is C13H16N4O2S. The van der Waals surface area contributed by atoms with Crippen LogP contribution >= 0.6 is 11.3 Å². The Morgan fingerprint density at radius 2 is 2.40 bits per heavy atom. The van der Waals surface area contributed by atoms with Gasteiger partial charge in [0.1, 0.15) is 5.54 Å². The number of aromatic amines is 1. The number of likely N-dealkylation sites (tertiary alicyclic amines) is 1. The number of aromatic nitrogens is 2. The molecule has 2 aromatic rings. The van der Waals surface area contributed by atoms with Crippen molar-refractivity contribution in [1.29, 1.82) is 0 Å². The summed E-state index contributed by atoms with van der Waals surface area (Å²) < 4.78 is 0. The van der Waals surface area contributed by atoms with Crippen LogP contribution in [-0.4, -0.2) is 44.8 Å². The topological polar surface area (TPSA) is 95.2 Å². The van der Waals surface area contributed by atoms with E-state index in [0.717, 1.165) is 23.7 Å². The van der Waals surface area contributed by atoms with Crippen molar-refractivity contribution >= 4 is 17.3 Å². The van der Waals surface area contributed by atoms with E-state index < -0.39 is 11.5 Å². The lowest BCUT2D eigenvalue weighted by molar-refractivity contribution is -0.142. The number of carboxylic acid groups (broad SMARTS) is 1. The van der Waals surface area contributed by atoms with E-state index in [1.165, 1.54) is 4.88 Å². The maximum atomic E-state index is 11.1. The van der Waals surface area contributed by atoms with Crippen molar-refractivity contribution in [2.24, 2.45) is 5.73 Å². The maximum absolute atomic E-state index is 11.1. The maximum Gasteiger partial charge on any atom is 0.325 e. The number of aliphatic carboxylic acids is 1. The fourth-order valence-corrected chi connectivity index (χ4v) is 3.47. The minimum atomic E-state index is -1.09. The Bertz CT molecular complexity index is 610. The molecule has 0 bridgehead atoms. The molecule has 1 unspecified atom stereocenters. The lowest BCUT2D eigenvalue weighted by atomic mass is 10.0. The summed E-state index contributed by atoms with van der Waals surface area (Å²) in [6.07, 6.45) is 2.23. The second-order valence-corrected chi connectivity index (χ2v) is 6.33. The summed E-state index contributed by atoms with van der Waals surface area (Å²) in [4.78, 5) is 15.5. The Balaban J connectivity index is 1.66. The van der Waals surface area contributed by atoms with Crippen LogP contribution in [0.4, 0.5) is 0 Å². The van der Waals surface area contributed by atoms with Crippen molar-refractivity contribution in [3.05, 3.63) is 29.3 Å².